The molecule has 2 aromatic carbocycles. The highest BCUT2D eigenvalue weighted by Gasteiger charge is 2.04. The van der Waals surface area contributed by atoms with E-state index < -0.39 is 0 Å². The van der Waals surface area contributed by atoms with Crippen molar-refractivity contribution in [3.05, 3.63) is 58.6 Å². The third-order valence-corrected chi connectivity index (χ3v) is 3.87. The second-order valence-electron chi connectivity index (χ2n) is 5.17. The molecule has 0 amide bonds. The third-order valence-electron chi connectivity index (χ3n) is 3.61. The average molecular weight is 310 g/mol. The van der Waals surface area contributed by atoms with Gasteiger partial charge in [-0.05, 0) is 29.4 Å². The summed E-state index contributed by atoms with van der Waals surface area (Å²) in [5.41, 5.74) is 1.07. The minimum absolute atomic E-state index is 0.530. The Morgan fingerprint density at radius 2 is 2.05 bits per heavy atom. The molecule has 0 spiro atoms. The number of fused-ring (bicyclic) bond motifs is 1. The molecule has 1 N–H and O–H groups in total. The molecule has 1 aromatic heterocycles. The molecule has 0 unspecified atom stereocenters. The second-order valence-corrected chi connectivity index (χ2v) is 5.56. The average Bonchev–Trinajstić information content (AvgIpc) is 2.91. The van der Waals surface area contributed by atoms with E-state index in [-0.39, 0.29) is 0 Å². The molecule has 0 aliphatic heterocycles. The number of H-pyrrole nitrogens is 1. The van der Waals surface area contributed by atoms with E-state index >= 15 is 0 Å². The Morgan fingerprint density at radius 3 is 2.91 bits per heavy atom. The van der Waals surface area contributed by atoms with Crippen LogP contribution in [0, 0.1) is 4.77 Å². The van der Waals surface area contributed by atoms with Gasteiger partial charge >= 0.3 is 0 Å². The minimum atomic E-state index is 0.530. The summed E-state index contributed by atoms with van der Waals surface area (Å²) in [6.45, 7) is 2.16. The first-order chi connectivity index (χ1) is 10.8. The Kier molecular flexibility index (Phi) is 4.44. The zero-order valence-corrected chi connectivity index (χ0v) is 13.3. The Hall–Kier alpha value is -2.27. The maximum atomic E-state index is 5.27. The summed E-state index contributed by atoms with van der Waals surface area (Å²) in [6.07, 6.45) is 4.91. The highest BCUT2D eigenvalue weighted by molar-refractivity contribution is 7.71. The van der Waals surface area contributed by atoms with Gasteiger partial charge in [-0.3, -0.25) is 5.10 Å². The minimum Gasteiger partial charge on any atom is -0.250 e. The molecular weight excluding hydrogens is 292 g/mol. The predicted molar refractivity (Wildman–Crippen MR) is 93.0 cm³/mol. The Morgan fingerprint density at radius 1 is 1.23 bits per heavy atom. The van der Waals surface area contributed by atoms with Crippen molar-refractivity contribution in [1.29, 1.82) is 0 Å². The van der Waals surface area contributed by atoms with Gasteiger partial charge in [0.05, 0.1) is 6.21 Å². The molecule has 4 nitrogen and oxygen atoms in total. The summed E-state index contributed by atoms with van der Waals surface area (Å²) in [6, 6.07) is 14.5. The van der Waals surface area contributed by atoms with Crippen LogP contribution >= 0.6 is 12.2 Å². The number of aromatic amines is 1. The predicted octanol–water partition coefficient (Wildman–Crippen LogP) is 4.32. The maximum absolute atomic E-state index is 5.27. The number of unbranched alkanes of at least 4 members (excludes halogenated alkanes) is 1. The van der Waals surface area contributed by atoms with Crippen molar-refractivity contribution in [2.24, 2.45) is 5.10 Å². The van der Waals surface area contributed by atoms with Gasteiger partial charge in [0.15, 0.2) is 5.82 Å². The van der Waals surface area contributed by atoms with Crippen molar-refractivity contribution in [2.45, 2.75) is 26.2 Å². The van der Waals surface area contributed by atoms with Gasteiger partial charge < -0.3 is 0 Å². The molecule has 0 aliphatic carbocycles. The van der Waals surface area contributed by atoms with Gasteiger partial charge in [0, 0.05) is 12.0 Å². The van der Waals surface area contributed by atoms with Crippen LogP contribution in [-0.4, -0.2) is 21.1 Å². The molecule has 112 valence electrons. The fraction of sp³-hybridized carbons (Fsp3) is 0.235. The third kappa shape index (κ3) is 2.99. The molecular formula is C17H18N4S. The quantitative estimate of drug-likeness (QED) is 0.563. The van der Waals surface area contributed by atoms with Crippen LogP contribution in [0.2, 0.25) is 0 Å². The van der Waals surface area contributed by atoms with Gasteiger partial charge in [0.1, 0.15) is 0 Å². The molecule has 3 aromatic rings. The summed E-state index contributed by atoms with van der Waals surface area (Å²) >= 11 is 5.27. The molecule has 0 radical (unpaired) electrons. The van der Waals surface area contributed by atoms with Gasteiger partial charge in [-0.2, -0.15) is 14.9 Å². The zero-order chi connectivity index (χ0) is 15.4. The standard InChI is InChI=1S/C17H18N4S/c1-2-3-11-16-19-20-17(22)21(16)18-12-14-9-6-8-13-7-4-5-10-15(13)14/h4-10,12H,2-3,11H2,1H3,(H,20,22)/b18-12+. The van der Waals surface area contributed by atoms with E-state index in [4.69, 9.17) is 12.2 Å². The number of nitrogens with one attached hydrogen (secondary N) is 1. The van der Waals surface area contributed by atoms with Crippen LogP contribution < -0.4 is 0 Å². The molecule has 1 heterocycles. The van der Waals surface area contributed by atoms with Gasteiger partial charge in [0.2, 0.25) is 4.77 Å². The first-order valence-corrected chi connectivity index (χ1v) is 7.89. The fourth-order valence-corrected chi connectivity index (χ4v) is 2.62. The van der Waals surface area contributed by atoms with Crippen LogP contribution in [-0.2, 0) is 6.42 Å². The lowest BCUT2D eigenvalue weighted by atomic mass is 10.1. The van der Waals surface area contributed by atoms with Crippen molar-refractivity contribution < 1.29 is 0 Å². The van der Waals surface area contributed by atoms with E-state index in [1.54, 1.807) is 4.68 Å². The van der Waals surface area contributed by atoms with Crippen molar-refractivity contribution in [3.8, 4) is 0 Å². The summed E-state index contributed by atoms with van der Waals surface area (Å²) in [5, 5.41) is 14.0. The molecule has 0 saturated heterocycles. The van der Waals surface area contributed by atoms with Crippen molar-refractivity contribution in [2.75, 3.05) is 0 Å². The number of aryl methyl sites for hydroxylation is 1. The summed E-state index contributed by atoms with van der Waals surface area (Å²) in [4.78, 5) is 0. The van der Waals surface area contributed by atoms with E-state index in [9.17, 15) is 0 Å². The van der Waals surface area contributed by atoms with Gasteiger partial charge in [0.25, 0.3) is 0 Å². The van der Waals surface area contributed by atoms with E-state index in [1.165, 1.54) is 10.8 Å². The Bertz CT molecular complexity index is 855. The Balaban J connectivity index is 1.97. The van der Waals surface area contributed by atoms with Crippen molar-refractivity contribution >= 4 is 29.2 Å². The zero-order valence-electron chi connectivity index (χ0n) is 12.5. The van der Waals surface area contributed by atoms with Gasteiger partial charge in [-0.1, -0.05) is 55.8 Å². The smallest absolute Gasteiger partial charge is 0.216 e. The topological polar surface area (TPSA) is 46.0 Å². The monoisotopic (exact) mass is 310 g/mol. The number of hydrogen-bond donors (Lipinski definition) is 1. The highest BCUT2D eigenvalue weighted by Crippen LogP contribution is 2.17. The SMILES string of the molecule is CCCCc1n[nH]c(=S)n1/N=C/c1cccc2ccccc12. The van der Waals surface area contributed by atoms with Crippen molar-refractivity contribution in [3.63, 3.8) is 0 Å². The second kappa shape index (κ2) is 6.66. The molecule has 0 bridgehead atoms. The molecule has 0 fully saturated rings. The highest BCUT2D eigenvalue weighted by atomic mass is 32.1. The van der Waals surface area contributed by atoms with Crippen LogP contribution in [0.3, 0.4) is 0 Å². The number of aromatic nitrogens is 3. The van der Waals surface area contributed by atoms with Crippen molar-refractivity contribution in [1.82, 2.24) is 14.9 Å². The van der Waals surface area contributed by atoms with Crippen LogP contribution in [0.4, 0.5) is 0 Å². The van der Waals surface area contributed by atoms with Crippen LogP contribution in [0.25, 0.3) is 10.8 Å². The first kappa shape index (κ1) is 14.7. The number of rotatable bonds is 5. The number of hydrogen-bond acceptors (Lipinski definition) is 3. The van der Waals surface area contributed by atoms with Crippen LogP contribution in [0.15, 0.2) is 47.6 Å². The van der Waals surface area contributed by atoms with Crippen LogP contribution in [0.5, 0.6) is 0 Å². The van der Waals surface area contributed by atoms with E-state index in [2.05, 4.69) is 46.5 Å². The summed E-state index contributed by atoms with van der Waals surface area (Å²) in [5.74, 6) is 0.878. The first-order valence-electron chi connectivity index (χ1n) is 7.48. The Labute approximate surface area is 134 Å². The largest absolute Gasteiger partial charge is 0.250 e. The number of benzene rings is 2. The molecule has 3 rings (SSSR count). The molecule has 0 saturated carbocycles. The van der Waals surface area contributed by atoms with E-state index in [1.807, 2.05) is 24.4 Å². The summed E-state index contributed by atoms with van der Waals surface area (Å²) < 4.78 is 2.25. The number of nitrogens with zero attached hydrogens (tertiary/aromatic N) is 3. The molecule has 22 heavy (non-hydrogen) atoms. The maximum Gasteiger partial charge on any atom is 0.216 e. The van der Waals surface area contributed by atoms with Gasteiger partial charge in [-0.25, -0.2) is 0 Å². The molecule has 5 heteroatoms. The normalized spacial score (nSPS) is 11.5. The lowest BCUT2D eigenvalue weighted by molar-refractivity contribution is 0.700. The summed E-state index contributed by atoms with van der Waals surface area (Å²) in [7, 11) is 0. The lowest BCUT2D eigenvalue weighted by Gasteiger charge is -2.02. The lowest BCUT2D eigenvalue weighted by Crippen LogP contribution is -1.99. The van der Waals surface area contributed by atoms with E-state index in [0.29, 0.717) is 4.77 Å². The van der Waals surface area contributed by atoms with Gasteiger partial charge in [-0.15, -0.1) is 0 Å². The van der Waals surface area contributed by atoms with E-state index in [0.717, 1.165) is 30.7 Å². The fourth-order valence-electron chi connectivity index (χ4n) is 2.42. The molecule has 0 atom stereocenters. The molecule has 0 aliphatic rings. The van der Waals surface area contributed by atoms with Crippen LogP contribution in [0.1, 0.15) is 31.2 Å².